The molecule has 3 aliphatic rings. The van der Waals surface area contributed by atoms with Crippen LogP contribution in [0.25, 0.3) is 0 Å². The molecule has 3 heteroatoms. The first-order valence-electron chi connectivity index (χ1n) is 8.97. The van der Waals surface area contributed by atoms with Crippen LogP contribution in [0.4, 0.5) is 0 Å². The van der Waals surface area contributed by atoms with Crippen molar-refractivity contribution < 1.29 is 0 Å². The summed E-state index contributed by atoms with van der Waals surface area (Å²) in [6, 6.07) is 3.28. The Balaban J connectivity index is 1.56. The smallest absolute Gasteiger partial charge is 0.0195 e. The van der Waals surface area contributed by atoms with E-state index in [2.05, 4.69) is 29.0 Å². The molecule has 2 saturated heterocycles. The molecule has 0 aromatic heterocycles. The first-order chi connectivity index (χ1) is 9.74. The summed E-state index contributed by atoms with van der Waals surface area (Å²) in [6.07, 6.45) is 9.90. The van der Waals surface area contributed by atoms with E-state index in [-0.39, 0.29) is 0 Å². The van der Waals surface area contributed by atoms with E-state index in [9.17, 15) is 0 Å². The molecule has 2 heterocycles. The molecule has 0 radical (unpaired) electrons. The van der Waals surface area contributed by atoms with Gasteiger partial charge in [0.15, 0.2) is 0 Å². The Bertz CT molecular complexity index is 295. The van der Waals surface area contributed by atoms with Crippen LogP contribution >= 0.6 is 0 Å². The fourth-order valence-corrected chi connectivity index (χ4v) is 4.12. The van der Waals surface area contributed by atoms with Crippen LogP contribution in [0, 0.1) is 0 Å². The van der Waals surface area contributed by atoms with Gasteiger partial charge in [-0.1, -0.05) is 0 Å². The number of hydrogen-bond acceptors (Lipinski definition) is 3. The molecule has 3 nitrogen and oxygen atoms in total. The maximum absolute atomic E-state index is 3.70. The lowest BCUT2D eigenvalue weighted by molar-refractivity contribution is 0.150. The van der Waals surface area contributed by atoms with Gasteiger partial charge in [-0.25, -0.2) is 0 Å². The summed E-state index contributed by atoms with van der Waals surface area (Å²) in [7, 11) is 0. The van der Waals surface area contributed by atoms with Gasteiger partial charge in [-0.2, -0.15) is 0 Å². The highest BCUT2D eigenvalue weighted by molar-refractivity contribution is 4.93. The molecule has 1 saturated carbocycles. The minimum atomic E-state index is 0.722. The van der Waals surface area contributed by atoms with Gasteiger partial charge in [0.1, 0.15) is 0 Å². The molecule has 2 unspecified atom stereocenters. The molecule has 0 aromatic carbocycles. The van der Waals surface area contributed by atoms with E-state index in [4.69, 9.17) is 0 Å². The fourth-order valence-electron chi connectivity index (χ4n) is 4.12. The van der Waals surface area contributed by atoms with Gasteiger partial charge in [0.25, 0.3) is 0 Å². The SMILES string of the molecule is CC(C)N1CCCC(N(CC2CCCN2)C2CC2)CC1. The fraction of sp³-hybridized carbons (Fsp3) is 1.00. The zero-order chi connectivity index (χ0) is 13.9. The van der Waals surface area contributed by atoms with Crippen molar-refractivity contribution in [2.24, 2.45) is 0 Å². The monoisotopic (exact) mass is 279 g/mol. The molecule has 0 aromatic rings. The van der Waals surface area contributed by atoms with Gasteiger partial charge in [0.2, 0.25) is 0 Å². The zero-order valence-corrected chi connectivity index (χ0v) is 13.5. The Hall–Kier alpha value is -0.120. The number of nitrogens with one attached hydrogen (secondary N) is 1. The Morgan fingerprint density at radius 1 is 1.00 bits per heavy atom. The van der Waals surface area contributed by atoms with Crippen molar-refractivity contribution in [2.75, 3.05) is 26.2 Å². The van der Waals surface area contributed by atoms with E-state index < -0.39 is 0 Å². The van der Waals surface area contributed by atoms with Crippen LogP contribution in [-0.4, -0.2) is 60.1 Å². The van der Waals surface area contributed by atoms with Crippen molar-refractivity contribution in [3.63, 3.8) is 0 Å². The lowest BCUT2D eigenvalue weighted by Gasteiger charge is -2.33. The quantitative estimate of drug-likeness (QED) is 0.834. The van der Waals surface area contributed by atoms with Gasteiger partial charge in [0.05, 0.1) is 0 Å². The van der Waals surface area contributed by atoms with E-state index >= 15 is 0 Å². The first kappa shape index (κ1) is 14.8. The second kappa shape index (κ2) is 6.76. The predicted octanol–water partition coefficient (Wildman–Crippen LogP) is 2.47. The largest absolute Gasteiger partial charge is 0.313 e. The van der Waals surface area contributed by atoms with Gasteiger partial charge in [-0.05, 0) is 78.4 Å². The Labute approximate surface area is 125 Å². The third-order valence-corrected chi connectivity index (χ3v) is 5.54. The lowest BCUT2D eigenvalue weighted by atomic mass is 10.1. The van der Waals surface area contributed by atoms with Gasteiger partial charge in [-0.15, -0.1) is 0 Å². The summed E-state index contributed by atoms with van der Waals surface area (Å²) in [6.45, 7) is 9.88. The van der Waals surface area contributed by atoms with Crippen LogP contribution in [0.15, 0.2) is 0 Å². The summed E-state index contributed by atoms with van der Waals surface area (Å²) in [5.74, 6) is 0. The first-order valence-corrected chi connectivity index (χ1v) is 8.97. The molecule has 3 rings (SSSR count). The normalized spacial score (nSPS) is 33.0. The molecule has 1 N–H and O–H groups in total. The molecular formula is C17H33N3. The van der Waals surface area contributed by atoms with Crippen LogP contribution in [-0.2, 0) is 0 Å². The number of hydrogen-bond donors (Lipinski definition) is 1. The molecule has 1 aliphatic carbocycles. The van der Waals surface area contributed by atoms with Crippen molar-refractivity contribution in [2.45, 2.75) is 83.0 Å². The molecule has 116 valence electrons. The molecule has 20 heavy (non-hydrogen) atoms. The molecule has 2 atom stereocenters. The Kier molecular flexibility index (Phi) is 5.00. The number of rotatable bonds is 5. The minimum Gasteiger partial charge on any atom is -0.313 e. The van der Waals surface area contributed by atoms with Crippen LogP contribution in [0.3, 0.4) is 0 Å². The van der Waals surface area contributed by atoms with Crippen LogP contribution in [0.5, 0.6) is 0 Å². The van der Waals surface area contributed by atoms with Crippen molar-refractivity contribution in [3.8, 4) is 0 Å². The Morgan fingerprint density at radius 2 is 1.80 bits per heavy atom. The van der Waals surface area contributed by atoms with Crippen LogP contribution in [0.1, 0.15) is 58.8 Å². The topological polar surface area (TPSA) is 18.5 Å². The maximum Gasteiger partial charge on any atom is 0.0195 e. The van der Waals surface area contributed by atoms with Gasteiger partial charge >= 0.3 is 0 Å². The molecule has 0 spiro atoms. The second-order valence-electron chi connectivity index (χ2n) is 7.44. The van der Waals surface area contributed by atoms with Gasteiger partial charge < -0.3 is 10.2 Å². The highest BCUT2D eigenvalue weighted by Crippen LogP contribution is 2.32. The van der Waals surface area contributed by atoms with E-state index in [0.29, 0.717) is 0 Å². The highest BCUT2D eigenvalue weighted by atomic mass is 15.2. The number of nitrogens with zero attached hydrogens (tertiary/aromatic N) is 2. The third kappa shape index (κ3) is 3.75. The van der Waals surface area contributed by atoms with Crippen molar-refractivity contribution in [3.05, 3.63) is 0 Å². The molecular weight excluding hydrogens is 246 g/mol. The molecule has 2 aliphatic heterocycles. The minimum absolute atomic E-state index is 0.722. The molecule has 0 amide bonds. The van der Waals surface area contributed by atoms with E-state index in [1.165, 1.54) is 71.1 Å². The average Bonchev–Trinajstić information content (AvgIpc) is 3.19. The summed E-state index contributed by atoms with van der Waals surface area (Å²) in [5, 5.41) is 3.70. The zero-order valence-electron chi connectivity index (χ0n) is 13.5. The van der Waals surface area contributed by atoms with Crippen molar-refractivity contribution >= 4 is 0 Å². The van der Waals surface area contributed by atoms with E-state index in [0.717, 1.165) is 24.2 Å². The summed E-state index contributed by atoms with van der Waals surface area (Å²) >= 11 is 0. The maximum atomic E-state index is 3.70. The molecule has 3 fully saturated rings. The summed E-state index contributed by atoms with van der Waals surface area (Å²) in [5.41, 5.74) is 0. The summed E-state index contributed by atoms with van der Waals surface area (Å²) < 4.78 is 0. The summed E-state index contributed by atoms with van der Waals surface area (Å²) in [4.78, 5) is 5.58. The van der Waals surface area contributed by atoms with E-state index in [1.807, 2.05) is 0 Å². The van der Waals surface area contributed by atoms with Crippen LogP contribution < -0.4 is 5.32 Å². The Morgan fingerprint density at radius 3 is 2.45 bits per heavy atom. The van der Waals surface area contributed by atoms with Crippen molar-refractivity contribution in [1.29, 1.82) is 0 Å². The molecule has 0 bridgehead atoms. The van der Waals surface area contributed by atoms with Gasteiger partial charge in [0, 0.05) is 30.7 Å². The third-order valence-electron chi connectivity index (χ3n) is 5.54. The van der Waals surface area contributed by atoms with Gasteiger partial charge in [-0.3, -0.25) is 4.90 Å². The van der Waals surface area contributed by atoms with E-state index in [1.54, 1.807) is 0 Å². The highest BCUT2D eigenvalue weighted by Gasteiger charge is 2.36. The predicted molar refractivity (Wildman–Crippen MR) is 85.1 cm³/mol. The standard InChI is InChI=1S/C17H33N3/c1-14(2)19-11-4-6-16(9-12-19)20(17-7-8-17)13-15-5-3-10-18-15/h14-18H,3-13H2,1-2H3. The second-order valence-corrected chi connectivity index (χ2v) is 7.44. The van der Waals surface area contributed by atoms with Crippen molar-refractivity contribution in [1.82, 2.24) is 15.1 Å². The van der Waals surface area contributed by atoms with Crippen LogP contribution in [0.2, 0.25) is 0 Å². The lowest BCUT2D eigenvalue weighted by Crippen LogP contribution is -2.45. The average molecular weight is 279 g/mol. The number of likely N-dealkylation sites (tertiary alicyclic amines) is 1.